The summed E-state index contributed by atoms with van der Waals surface area (Å²) in [6.07, 6.45) is 4.46. The molecule has 0 aliphatic heterocycles. The Kier molecular flexibility index (Phi) is 5.40. The Labute approximate surface area is 119 Å². The van der Waals surface area contributed by atoms with Crippen molar-refractivity contribution in [2.45, 2.75) is 38.8 Å². The van der Waals surface area contributed by atoms with Crippen molar-refractivity contribution in [2.75, 3.05) is 20.1 Å². The number of aliphatic hydroxyl groups excluding tert-OH is 1. The monoisotopic (exact) mass is 280 g/mol. The smallest absolute Gasteiger partial charge is 0.194 e. The quantitative estimate of drug-likeness (QED) is 0.627. The van der Waals surface area contributed by atoms with Crippen molar-refractivity contribution in [3.63, 3.8) is 0 Å². The van der Waals surface area contributed by atoms with Crippen LogP contribution in [0, 0.1) is 5.92 Å². The normalized spacial score (nSPS) is 23.1. The van der Waals surface area contributed by atoms with E-state index in [1.165, 1.54) is 0 Å². The van der Waals surface area contributed by atoms with E-state index < -0.39 is 0 Å². The molecule has 1 aromatic heterocycles. The molecule has 112 valence electrons. The lowest BCUT2D eigenvalue weighted by atomic mass is 10.1. The predicted molar refractivity (Wildman–Crippen MR) is 77.3 cm³/mol. The lowest BCUT2D eigenvalue weighted by Gasteiger charge is -2.22. The van der Waals surface area contributed by atoms with Crippen molar-refractivity contribution < 1.29 is 9.63 Å². The number of aliphatic hydroxyl groups is 1. The van der Waals surface area contributed by atoms with Crippen LogP contribution in [0.2, 0.25) is 0 Å². The highest BCUT2D eigenvalue weighted by Crippen LogP contribution is 2.25. The van der Waals surface area contributed by atoms with Crippen LogP contribution >= 0.6 is 0 Å². The van der Waals surface area contributed by atoms with Crippen molar-refractivity contribution in [3.8, 4) is 0 Å². The number of guanidine groups is 1. The molecule has 1 fully saturated rings. The second kappa shape index (κ2) is 7.28. The molecule has 2 rings (SSSR count). The molecule has 0 spiro atoms. The minimum atomic E-state index is -0.192. The minimum absolute atomic E-state index is 0.192. The zero-order valence-electron chi connectivity index (χ0n) is 12.2. The van der Waals surface area contributed by atoms with Gasteiger partial charge in [0.15, 0.2) is 5.96 Å². The van der Waals surface area contributed by atoms with E-state index in [2.05, 4.69) is 15.5 Å². The van der Waals surface area contributed by atoms with E-state index in [4.69, 9.17) is 4.52 Å². The van der Waals surface area contributed by atoms with Crippen LogP contribution in [0.5, 0.6) is 0 Å². The molecule has 2 atom stereocenters. The summed E-state index contributed by atoms with van der Waals surface area (Å²) < 4.78 is 4.84. The molecule has 1 saturated carbocycles. The van der Waals surface area contributed by atoms with E-state index >= 15 is 0 Å². The molecule has 1 heterocycles. The molecule has 0 saturated heterocycles. The van der Waals surface area contributed by atoms with Gasteiger partial charge in [-0.15, -0.1) is 0 Å². The first kappa shape index (κ1) is 14.8. The Bertz CT molecular complexity index is 419. The molecule has 1 aliphatic carbocycles. The highest BCUT2D eigenvalue weighted by Gasteiger charge is 2.25. The second-order valence-electron chi connectivity index (χ2n) is 5.30. The highest BCUT2D eigenvalue weighted by atomic mass is 16.5. The lowest BCUT2D eigenvalue weighted by molar-refractivity contribution is 0.136. The topological polar surface area (TPSA) is 73.9 Å². The van der Waals surface area contributed by atoms with E-state index in [-0.39, 0.29) is 6.10 Å². The van der Waals surface area contributed by atoms with Gasteiger partial charge in [0, 0.05) is 32.1 Å². The third kappa shape index (κ3) is 3.96. The van der Waals surface area contributed by atoms with Crippen molar-refractivity contribution in [3.05, 3.63) is 18.0 Å². The number of rotatable bonds is 5. The Morgan fingerprint density at radius 1 is 1.60 bits per heavy atom. The molecular formula is C14H24N4O2. The van der Waals surface area contributed by atoms with Gasteiger partial charge in [0.1, 0.15) is 12.0 Å². The third-order valence-corrected chi connectivity index (χ3v) is 3.68. The van der Waals surface area contributed by atoms with Gasteiger partial charge in [0.2, 0.25) is 0 Å². The molecular weight excluding hydrogens is 256 g/mol. The molecule has 1 aliphatic rings. The molecule has 0 radical (unpaired) electrons. The summed E-state index contributed by atoms with van der Waals surface area (Å²) >= 11 is 0. The molecule has 1 aromatic rings. The maximum absolute atomic E-state index is 9.85. The van der Waals surface area contributed by atoms with E-state index in [1.807, 2.05) is 24.9 Å². The van der Waals surface area contributed by atoms with Gasteiger partial charge in [-0.05, 0) is 19.8 Å². The van der Waals surface area contributed by atoms with Crippen LogP contribution in [-0.4, -0.2) is 47.4 Å². The van der Waals surface area contributed by atoms with E-state index in [1.54, 1.807) is 6.26 Å². The fourth-order valence-electron chi connectivity index (χ4n) is 2.54. The van der Waals surface area contributed by atoms with Crippen LogP contribution in [0.1, 0.15) is 31.9 Å². The Balaban J connectivity index is 1.94. The summed E-state index contributed by atoms with van der Waals surface area (Å²) in [4.78, 5) is 6.66. The summed E-state index contributed by atoms with van der Waals surface area (Å²) in [5.74, 6) is 1.14. The molecule has 0 amide bonds. The van der Waals surface area contributed by atoms with Crippen molar-refractivity contribution >= 4 is 5.96 Å². The van der Waals surface area contributed by atoms with Crippen molar-refractivity contribution in [1.29, 1.82) is 0 Å². The largest absolute Gasteiger partial charge is 0.393 e. The molecule has 0 aromatic carbocycles. The number of hydrogen-bond donors (Lipinski definition) is 2. The molecule has 6 heteroatoms. The number of aliphatic imine (C=N–C) groups is 1. The Morgan fingerprint density at radius 3 is 3.05 bits per heavy atom. The van der Waals surface area contributed by atoms with Gasteiger partial charge in [0.25, 0.3) is 0 Å². The predicted octanol–water partition coefficient (Wildman–Crippen LogP) is 1.23. The zero-order chi connectivity index (χ0) is 14.4. The number of aromatic nitrogens is 1. The van der Waals surface area contributed by atoms with Crippen LogP contribution in [0.15, 0.2) is 21.8 Å². The summed E-state index contributed by atoms with van der Waals surface area (Å²) in [6.45, 7) is 4.18. The first-order chi connectivity index (χ1) is 9.70. The standard InChI is InChI=1S/C14H24N4O2/c1-3-15-14(16-9-11-5-4-6-13(11)19)18(2)10-12-7-8-20-17-12/h7-8,11,13,19H,3-6,9-10H2,1-2H3,(H,15,16). The lowest BCUT2D eigenvalue weighted by Crippen LogP contribution is -2.39. The average Bonchev–Trinajstić information content (AvgIpc) is 3.06. The summed E-state index contributed by atoms with van der Waals surface area (Å²) in [7, 11) is 1.97. The first-order valence-electron chi connectivity index (χ1n) is 7.27. The fraction of sp³-hybridized carbons (Fsp3) is 0.714. The van der Waals surface area contributed by atoms with E-state index in [0.717, 1.165) is 37.5 Å². The molecule has 0 bridgehead atoms. The van der Waals surface area contributed by atoms with Gasteiger partial charge in [-0.2, -0.15) is 0 Å². The van der Waals surface area contributed by atoms with Crippen LogP contribution in [0.4, 0.5) is 0 Å². The molecule has 2 unspecified atom stereocenters. The third-order valence-electron chi connectivity index (χ3n) is 3.68. The van der Waals surface area contributed by atoms with Gasteiger partial charge < -0.3 is 19.8 Å². The van der Waals surface area contributed by atoms with Crippen LogP contribution in [-0.2, 0) is 6.54 Å². The van der Waals surface area contributed by atoms with E-state index in [0.29, 0.717) is 19.0 Å². The Morgan fingerprint density at radius 2 is 2.45 bits per heavy atom. The average molecular weight is 280 g/mol. The van der Waals surface area contributed by atoms with Gasteiger partial charge in [0.05, 0.1) is 12.6 Å². The van der Waals surface area contributed by atoms with Crippen LogP contribution < -0.4 is 5.32 Å². The molecule has 20 heavy (non-hydrogen) atoms. The molecule has 2 N–H and O–H groups in total. The van der Waals surface area contributed by atoms with Crippen LogP contribution in [0.25, 0.3) is 0 Å². The molecule has 6 nitrogen and oxygen atoms in total. The summed E-state index contributed by atoms with van der Waals surface area (Å²) in [6, 6.07) is 1.85. The van der Waals surface area contributed by atoms with Crippen molar-refractivity contribution in [2.24, 2.45) is 10.9 Å². The second-order valence-corrected chi connectivity index (χ2v) is 5.30. The van der Waals surface area contributed by atoms with Gasteiger partial charge in [-0.3, -0.25) is 4.99 Å². The number of hydrogen-bond acceptors (Lipinski definition) is 4. The van der Waals surface area contributed by atoms with E-state index in [9.17, 15) is 5.11 Å². The Hall–Kier alpha value is -1.56. The van der Waals surface area contributed by atoms with Gasteiger partial charge in [-0.25, -0.2) is 0 Å². The SMILES string of the molecule is CCNC(=NCC1CCCC1O)N(C)Cc1ccon1. The number of nitrogens with zero attached hydrogens (tertiary/aromatic N) is 3. The van der Waals surface area contributed by atoms with Gasteiger partial charge in [-0.1, -0.05) is 11.6 Å². The minimum Gasteiger partial charge on any atom is -0.393 e. The fourth-order valence-corrected chi connectivity index (χ4v) is 2.54. The number of nitrogens with one attached hydrogen (secondary N) is 1. The highest BCUT2D eigenvalue weighted by molar-refractivity contribution is 5.79. The van der Waals surface area contributed by atoms with Gasteiger partial charge >= 0.3 is 0 Å². The summed E-state index contributed by atoms with van der Waals surface area (Å²) in [5.41, 5.74) is 0.874. The first-order valence-corrected chi connectivity index (χ1v) is 7.27. The maximum Gasteiger partial charge on any atom is 0.194 e. The van der Waals surface area contributed by atoms with Crippen molar-refractivity contribution in [1.82, 2.24) is 15.4 Å². The maximum atomic E-state index is 9.85. The zero-order valence-corrected chi connectivity index (χ0v) is 12.2. The summed E-state index contributed by atoms with van der Waals surface area (Å²) in [5, 5.41) is 17.0. The van der Waals surface area contributed by atoms with Crippen LogP contribution in [0.3, 0.4) is 0 Å².